The molecule has 0 bridgehead atoms. The van der Waals surface area contributed by atoms with Crippen LogP contribution in [0.3, 0.4) is 0 Å². The second kappa shape index (κ2) is 22.0. The summed E-state index contributed by atoms with van der Waals surface area (Å²) in [5, 5.41) is 8.35. The van der Waals surface area contributed by atoms with E-state index in [1.165, 1.54) is 12.1 Å². The number of unbranched alkanes of at least 4 members (excludes halogenated alkanes) is 1. The Morgan fingerprint density at radius 2 is 1.08 bits per heavy atom. The number of benzene rings is 3. The molecule has 0 aliphatic rings. The van der Waals surface area contributed by atoms with E-state index in [0.717, 1.165) is 12.1 Å². The Labute approximate surface area is 305 Å². The third-order valence-electron chi connectivity index (χ3n) is 7.31. The van der Waals surface area contributed by atoms with Crippen molar-refractivity contribution in [1.82, 2.24) is 0 Å². The van der Waals surface area contributed by atoms with Gasteiger partial charge in [-0.1, -0.05) is 31.5 Å². The van der Waals surface area contributed by atoms with Crippen LogP contribution < -0.4 is 14.2 Å². The highest BCUT2D eigenvalue weighted by Crippen LogP contribution is 2.40. The fraction of sp³-hybridized carbons (Fsp3) is 0.444. The summed E-state index contributed by atoms with van der Waals surface area (Å²) in [6, 6.07) is 19.2. The lowest BCUT2D eigenvalue weighted by Crippen LogP contribution is -2.12. The summed E-state index contributed by atoms with van der Waals surface area (Å²) in [4.78, 5) is 25.8. The van der Waals surface area contributed by atoms with Gasteiger partial charge in [0.1, 0.15) is 0 Å². The van der Waals surface area contributed by atoms with Crippen molar-refractivity contribution in [1.29, 1.82) is 0 Å². The molecule has 0 aliphatic heterocycles. The first-order valence-corrected chi connectivity index (χ1v) is 20.2. The molecule has 0 atom stereocenters. The standard InChI is InChI=1S/C36H46N2O12S2/c1-2-3-21-50-36-34(48-22-9-24-51(41,42)43)26-29(27-35(36)49-23-10-25-52(44,45)46)33(40)14-8-20-47-19-7-13-32(39)28-15-17-31(18-16-28)38-37-30-11-5-4-6-12-30/h4-6,11-12,15-18,26-27H,2-3,7-10,13-14,19-25H2,1H3,(H,41,42,43)(H,44,45,46). The van der Waals surface area contributed by atoms with Gasteiger partial charge in [0.05, 0.1) is 42.7 Å². The largest absolute Gasteiger partial charge is 0.489 e. The van der Waals surface area contributed by atoms with Crippen LogP contribution >= 0.6 is 0 Å². The molecule has 0 aliphatic carbocycles. The minimum absolute atomic E-state index is 0.0283. The third-order valence-corrected chi connectivity index (χ3v) is 8.92. The molecule has 0 saturated heterocycles. The molecule has 3 rings (SSSR count). The summed E-state index contributed by atoms with van der Waals surface area (Å²) in [7, 11) is -8.41. The van der Waals surface area contributed by atoms with Crippen LogP contribution in [0.4, 0.5) is 11.4 Å². The highest BCUT2D eigenvalue weighted by atomic mass is 32.2. The summed E-state index contributed by atoms with van der Waals surface area (Å²) >= 11 is 0. The van der Waals surface area contributed by atoms with E-state index in [1.54, 1.807) is 24.3 Å². The minimum Gasteiger partial charge on any atom is -0.489 e. The fourth-order valence-corrected chi connectivity index (χ4v) is 5.61. The SMILES string of the molecule is CCCCOc1c(OCCCS(=O)(=O)O)cc(C(=O)CCCOCCCC(=O)c2ccc(N=Nc3ccccc3)cc2)cc1OCCCS(=O)(=O)O. The molecule has 14 nitrogen and oxygen atoms in total. The predicted octanol–water partition coefficient (Wildman–Crippen LogP) is 7.24. The highest BCUT2D eigenvalue weighted by Gasteiger charge is 2.20. The number of hydrogen-bond acceptors (Lipinski definition) is 12. The molecule has 0 heterocycles. The van der Waals surface area contributed by atoms with Gasteiger partial charge >= 0.3 is 0 Å². The number of carbonyl (C=O) groups is 2. The molecule has 0 unspecified atom stereocenters. The molecule has 284 valence electrons. The van der Waals surface area contributed by atoms with Crippen LogP contribution in [-0.4, -0.2) is 82.0 Å². The van der Waals surface area contributed by atoms with Crippen LogP contribution in [0.15, 0.2) is 77.0 Å². The molecule has 0 aromatic heterocycles. The number of ketones is 2. The van der Waals surface area contributed by atoms with Gasteiger partial charge in [-0.3, -0.25) is 18.7 Å². The van der Waals surface area contributed by atoms with Gasteiger partial charge in [0.15, 0.2) is 23.1 Å². The lowest BCUT2D eigenvalue weighted by Gasteiger charge is -2.18. The smallest absolute Gasteiger partial charge is 0.264 e. The lowest BCUT2D eigenvalue weighted by atomic mass is 10.1. The van der Waals surface area contributed by atoms with Gasteiger partial charge in [-0.25, -0.2) is 0 Å². The Morgan fingerprint density at radius 3 is 1.58 bits per heavy atom. The second-order valence-electron chi connectivity index (χ2n) is 11.7. The monoisotopic (exact) mass is 762 g/mol. The molecule has 0 spiro atoms. The van der Waals surface area contributed by atoms with E-state index >= 15 is 0 Å². The summed E-state index contributed by atoms with van der Waals surface area (Å²) in [5.41, 5.74) is 2.15. The van der Waals surface area contributed by atoms with Crippen molar-refractivity contribution in [2.45, 2.75) is 58.3 Å². The van der Waals surface area contributed by atoms with Crippen molar-refractivity contribution >= 4 is 43.2 Å². The minimum atomic E-state index is -4.20. The normalized spacial score (nSPS) is 11.8. The van der Waals surface area contributed by atoms with Crippen LogP contribution in [0.25, 0.3) is 0 Å². The number of rotatable bonds is 26. The summed E-state index contributed by atoms with van der Waals surface area (Å²) in [6.07, 6.45) is 2.72. The van der Waals surface area contributed by atoms with Gasteiger partial charge in [-0.05, 0) is 80.6 Å². The van der Waals surface area contributed by atoms with Crippen LogP contribution in [0.5, 0.6) is 17.2 Å². The first kappa shape index (κ1) is 42.2. The first-order chi connectivity index (χ1) is 24.8. The molecule has 2 N–H and O–H groups in total. The van der Waals surface area contributed by atoms with Crippen molar-refractivity contribution in [3.05, 3.63) is 77.9 Å². The molecule has 0 amide bonds. The van der Waals surface area contributed by atoms with Gasteiger partial charge < -0.3 is 18.9 Å². The zero-order chi connectivity index (χ0) is 37.8. The van der Waals surface area contributed by atoms with Gasteiger partial charge in [0.2, 0.25) is 5.75 Å². The average molecular weight is 763 g/mol. The van der Waals surface area contributed by atoms with Gasteiger partial charge in [-0.2, -0.15) is 27.1 Å². The highest BCUT2D eigenvalue weighted by molar-refractivity contribution is 7.86. The van der Waals surface area contributed by atoms with E-state index in [9.17, 15) is 26.4 Å². The topological polar surface area (TPSA) is 205 Å². The molecule has 0 fully saturated rings. The average Bonchev–Trinajstić information content (AvgIpc) is 3.11. The first-order valence-electron chi connectivity index (χ1n) is 17.0. The molecule has 0 radical (unpaired) electrons. The van der Waals surface area contributed by atoms with E-state index in [-0.39, 0.29) is 86.5 Å². The Balaban J connectivity index is 1.53. The van der Waals surface area contributed by atoms with Gasteiger partial charge in [-0.15, -0.1) is 0 Å². The molecular weight excluding hydrogens is 717 g/mol. The number of nitrogens with zero attached hydrogens (tertiary/aromatic N) is 2. The van der Waals surface area contributed by atoms with Crippen LogP contribution in [0, 0.1) is 0 Å². The summed E-state index contributed by atoms with van der Waals surface area (Å²) < 4.78 is 85.9. The predicted molar refractivity (Wildman–Crippen MR) is 195 cm³/mol. The fourth-order valence-electron chi connectivity index (χ4n) is 4.64. The van der Waals surface area contributed by atoms with Gasteiger partial charge in [0.25, 0.3) is 20.2 Å². The van der Waals surface area contributed by atoms with E-state index in [0.29, 0.717) is 37.1 Å². The number of ether oxygens (including phenoxy) is 4. The second-order valence-corrected chi connectivity index (χ2v) is 14.9. The molecular formula is C36H46N2O12S2. The number of azo groups is 1. The van der Waals surface area contributed by atoms with E-state index in [4.69, 9.17) is 28.1 Å². The molecule has 3 aromatic rings. The van der Waals surface area contributed by atoms with E-state index < -0.39 is 31.7 Å². The Kier molecular flexibility index (Phi) is 17.8. The van der Waals surface area contributed by atoms with Crippen molar-refractivity contribution < 1.29 is 54.5 Å². The Morgan fingerprint density at radius 1 is 0.596 bits per heavy atom. The van der Waals surface area contributed by atoms with Crippen LogP contribution in [0.2, 0.25) is 0 Å². The van der Waals surface area contributed by atoms with Gasteiger partial charge in [0, 0.05) is 37.2 Å². The van der Waals surface area contributed by atoms with Crippen molar-refractivity contribution in [2.75, 3.05) is 44.5 Å². The molecule has 52 heavy (non-hydrogen) atoms. The third kappa shape index (κ3) is 16.9. The molecule has 0 saturated carbocycles. The van der Waals surface area contributed by atoms with E-state index in [1.807, 2.05) is 37.3 Å². The Bertz CT molecular complexity index is 1750. The van der Waals surface area contributed by atoms with E-state index in [2.05, 4.69) is 10.2 Å². The maximum absolute atomic E-state index is 13.2. The van der Waals surface area contributed by atoms with Crippen molar-refractivity contribution in [2.24, 2.45) is 10.2 Å². The van der Waals surface area contributed by atoms with Crippen molar-refractivity contribution in [3.8, 4) is 17.2 Å². The molecule has 3 aromatic carbocycles. The number of Topliss-reactive ketones (excluding diaryl/α,β-unsaturated/α-hetero) is 2. The van der Waals surface area contributed by atoms with Crippen LogP contribution in [0.1, 0.15) is 79.0 Å². The van der Waals surface area contributed by atoms with Crippen LogP contribution in [-0.2, 0) is 25.0 Å². The quantitative estimate of drug-likeness (QED) is 0.0360. The summed E-state index contributed by atoms with van der Waals surface area (Å²) in [6.45, 7) is 2.62. The Hall–Kier alpha value is -4.22. The summed E-state index contributed by atoms with van der Waals surface area (Å²) in [5.74, 6) is -0.952. The maximum Gasteiger partial charge on any atom is 0.264 e. The number of carbonyl (C=O) groups excluding carboxylic acids is 2. The van der Waals surface area contributed by atoms with Crippen molar-refractivity contribution in [3.63, 3.8) is 0 Å². The zero-order valence-corrected chi connectivity index (χ0v) is 30.8. The molecule has 16 heteroatoms. The maximum atomic E-state index is 13.2. The lowest BCUT2D eigenvalue weighted by molar-refractivity contribution is 0.0906. The number of hydrogen-bond donors (Lipinski definition) is 2. The zero-order valence-electron chi connectivity index (χ0n) is 29.1.